The molecule has 1 fully saturated rings. The maximum absolute atomic E-state index is 2.64. The van der Waals surface area contributed by atoms with Crippen LogP contribution < -0.4 is 0 Å². The topological polar surface area (TPSA) is 6.48 Å². The monoisotopic (exact) mass is 248 g/mol. The van der Waals surface area contributed by atoms with Gasteiger partial charge >= 0.3 is 0 Å². The van der Waals surface area contributed by atoms with E-state index in [-0.39, 0.29) is 0 Å². The van der Waals surface area contributed by atoms with Crippen LogP contribution in [0.1, 0.15) is 26.7 Å². The lowest BCUT2D eigenvalue weighted by Crippen LogP contribution is -2.46. The highest BCUT2D eigenvalue weighted by Gasteiger charge is 2.15. The Bertz CT molecular complexity index is 192. The Morgan fingerprint density at radius 2 is 1.39 bits per heavy atom. The molecule has 0 N–H and O–H groups in total. The molecule has 0 atom stereocenters. The molecule has 1 rings (SSSR count). The molecule has 0 amide bonds. The van der Waals surface area contributed by atoms with E-state index in [1.54, 1.807) is 0 Å². The Kier molecular flexibility index (Phi) is 8.87. The number of piperazine rings is 1. The summed E-state index contributed by atoms with van der Waals surface area (Å²) in [7, 11) is 4.72. The molecule has 4 heteroatoms. The van der Waals surface area contributed by atoms with Crippen LogP contribution in [0.4, 0.5) is 0 Å². The van der Waals surface area contributed by atoms with Gasteiger partial charge in [0.05, 0.1) is 0 Å². The van der Waals surface area contributed by atoms with Gasteiger partial charge in [0.2, 0.25) is 0 Å². The first-order valence-electron chi connectivity index (χ1n) is 7.78. The quantitative estimate of drug-likeness (QED) is 0.457. The zero-order valence-corrected chi connectivity index (χ0v) is 12.7. The molecule has 0 aromatic heterocycles. The van der Waals surface area contributed by atoms with Crippen LogP contribution in [0.15, 0.2) is 0 Å². The minimum atomic E-state index is 0.747. The zero-order valence-electron chi connectivity index (χ0n) is 12.7. The highest BCUT2D eigenvalue weighted by molar-refractivity contribution is 6.37. The summed E-state index contributed by atoms with van der Waals surface area (Å²) in [5, 5.41) is 0. The van der Waals surface area contributed by atoms with Crippen molar-refractivity contribution in [2.24, 2.45) is 0 Å². The predicted molar refractivity (Wildman–Crippen MR) is 84.2 cm³/mol. The van der Waals surface area contributed by atoms with Crippen molar-refractivity contribution in [3.8, 4) is 0 Å². The fourth-order valence-electron chi connectivity index (χ4n) is 2.52. The van der Waals surface area contributed by atoms with Crippen molar-refractivity contribution in [2.75, 3.05) is 39.3 Å². The number of rotatable bonds is 9. The third-order valence-electron chi connectivity index (χ3n) is 3.75. The fourth-order valence-corrected chi connectivity index (χ4v) is 2.52. The Morgan fingerprint density at radius 3 is 1.83 bits per heavy atom. The number of hydrogen-bond acceptors (Lipinski definition) is 2. The highest BCUT2D eigenvalue weighted by atomic mass is 15.3. The lowest BCUT2D eigenvalue weighted by molar-refractivity contribution is 0.133. The van der Waals surface area contributed by atoms with Crippen molar-refractivity contribution in [3.63, 3.8) is 0 Å². The van der Waals surface area contributed by atoms with Gasteiger partial charge in [0, 0.05) is 26.2 Å². The van der Waals surface area contributed by atoms with Crippen LogP contribution in [-0.4, -0.2) is 63.6 Å². The summed E-state index contributed by atoms with van der Waals surface area (Å²) in [5.74, 6) is 0.747. The number of nitrogens with zero attached hydrogens (tertiary/aromatic N) is 2. The smallest absolute Gasteiger partial charge is 0.112 e. The minimum absolute atomic E-state index is 0.747. The van der Waals surface area contributed by atoms with Crippen molar-refractivity contribution in [3.05, 3.63) is 0 Å². The Balaban J connectivity index is 1.98. The Morgan fingerprint density at radius 1 is 0.889 bits per heavy atom. The minimum Gasteiger partial charge on any atom is -0.301 e. The van der Waals surface area contributed by atoms with Gasteiger partial charge in [-0.25, -0.2) is 0 Å². The third kappa shape index (κ3) is 7.48. The van der Waals surface area contributed by atoms with Gasteiger partial charge in [-0.15, -0.1) is 0 Å². The molecule has 1 aliphatic heterocycles. The first kappa shape index (κ1) is 16.1. The van der Waals surface area contributed by atoms with Gasteiger partial charge in [-0.05, 0) is 25.9 Å². The van der Waals surface area contributed by atoms with Crippen molar-refractivity contribution < 1.29 is 0 Å². The van der Waals surface area contributed by atoms with Gasteiger partial charge in [-0.1, -0.05) is 39.1 Å². The molecule has 1 heterocycles. The molecule has 0 spiro atoms. The van der Waals surface area contributed by atoms with Crippen molar-refractivity contribution >= 4 is 14.6 Å². The van der Waals surface area contributed by atoms with Gasteiger partial charge in [0.1, 0.15) is 14.6 Å². The maximum atomic E-state index is 2.64. The molecule has 0 aromatic carbocycles. The van der Waals surface area contributed by atoms with E-state index in [2.05, 4.69) is 45.0 Å². The molecule has 1 aliphatic rings. The van der Waals surface area contributed by atoms with Gasteiger partial charge in [-0.3, -0.25) is 0 Å². The highest BCUT2D eigenvalue weighted by Crippen LogP contribution is 2.07. The van der Waals surface area contributed by atoms with E-state index in [0.29, 0.717) is 0 Å². The van der Waals surface area contributed by atoms with E-state index in [1.807, 2.05) is 0 Å². The van der Waals surface area contributed by atoms with E-state index in [1.165, 1.54) is 64.8 Å². The standard InChI is InChI=1S/C14H30B2N2/c1-14(2)16-7-5-9-18-12-10-17(11-13-18)8-4-6-15-3/h14H,4-13H2,1-3H3. The molecule has 0 unspecified atom stereocenters. The maximum Gasteiger partial charge on any atom is 0.112 e. The van der Waals surface area contributed by atoms with Gasteiger partial charge < -0.3 is 9.80 Å². The molecule has 1 saturated heterocycles. The van der Waals surface area contributed by atoms with Crippen LogP contribution in [-0.2, 0) is 0 Å². The van der Waals surface area contributed by atoms with Gasteiger partial charge in [0.25, 0.3) is 0 Å². The molecule has 0 bridgehead atoms. The molecule has 2 nitrogen and oxygen atoms in total. The average Bonchev–Trinajstić information content (AvgIpc) is 2.36. The SMILES string of the molecule is C[B]CCCN1CCN(CCC[B]C(C)C)CC1. The summed E-state index contributed by atoms with van der Waals surface area (Å²) in [6.07, 6.45) is 5.22. The fraction of sp³-hybridized carbons (Fsp3) is 1.00. The second-order valence-corrected chi connectivity index (χ2v) is 5.86. The van der Waals surface area contributed by atoms with Crippen LogP contribution in [0, 0.1) is 0 Å². The van der Waals surface area contributed by atoms with E-state index < -0.39 is 0 Å². The first-order chi connectivity index (χ1) is 8.72. The molecule has 2 radical (unpaired) electrons. The second kappa shape index (κ2) is 9.91. The summed E-state index contributed by atoms with van der Waals surface area (Å²) in [6, 6.07) is 0. The predicted octanol–water partition coefficient (Wildman–Crippen LogP) is 2.51. The Labute approximate surface area is 116 Å². The molecule has 18 heavy (non-hydrogen) atoms. The van der Waals surface area contributed by atoms with Gasteiger partial charge in [0.15, 0.2) is 0 Å². The lowest BCUT2D eigenvalue weighted by atomic mass is 9.63. The molecular weight excluding hydrogens is 218 g/mol. The van der Waals surface area contributed by atoms with Crippen LogP contribution in [0.3, 0.4) is 0 Å². The number of hydrogen-bond donors (Lipinski definition) is 0. The average molecular weight is 248 g/mol. The summed E-state index contributed by atoms with van der Waals surface area (Å²) in [6.45, 7) is 14.4. The Hall–Kier alpha value is 0.0499. The molecule has 0 saturated carbocycles. The summed E-state index contributed by atoms with van der Waals surface area (Å²) >= 11 is 0. The normalized spacial score (nSPS) is 18.2. The van der Waals surface area contributed by atoms with Crippen LogP contribution in [0.25, 0.3) is 0 Å². The van der Waals surface area contributed by atoms with Crippen molar-refractivity contribution in [1.82, 2.24) is 9.80 Å². The van der Waals surface area contributed by atoms with Crippen LogP contribution in [0.2, 0.25) is 25.3 Å². The van der Waals surface area contributed by atoms with E-state index >= 15 is 0 Å². The molecule has 0 aromatic rings. The summed E-state index contributed by atoms with van der Waals surface area (Å²) in [4.78, 5) is 5.26. The van der Waals surface area contributed by atoms with Crippen molar-refractivity contribution in [2.45, 2.75) is 52.0 Å². The lowest BCUT2D eigenvalue weighted by Gasteiger charge is -2.34. The van der Waals surface area contributed by atoms with E-state index in [9.17, 15) is 0 Å². The largest absolute Gasteiger partial charge is 0.301 e. The summed E-state index contributed by atoms with van der Waals surface area (Å²) in [5.41, 5.74) is 0. The second-order valence-electron chi connectivity index (χ2n) is 5.86. The molecule has 0 aliphatic carbocycles. The third-order valence-corrected chi connectivity index (χ3v) is 3.75. The molecule has 102 valence electrons. The van der Waals surface area contributed by atoms with E-state index in [0.717, 1.165) is 5.82 Å². The van der Waals surface area contributed by atoms with Crippen LogP contribution >= 0.6 is 0 Å². The summed E-state index contributed by atoms with van der Waals surface area (Å²) < 4.78 is 0. The zero-order chi connectivity index (χ0) is 13.2. The van der Waals surface area contributed by atoms with E-state index in [4.69, 9.17) is 0 Å². The van der Waals surface area contributed by atoms with Crippen molar-refractivity contribution in [1.29, 1.82) is 0 Å². The first-order valence-corrected chi connectivity index (χ1v) is 7.78. The van der Waals surface area contributed by atoms with Crippen LogP contribution in [0.5, 0.6) is 0 Å². The molecular formula is C14H30B2N2. The van der Waals surface area contributed by atoms with Gasteiger partial charge in [-0.2, -0.15) is 0 Å².